The molecule has 1 aromatic heterocycles. The third-order valence-corrected chi connectivity index (χ3v) is 3.52. The highest BCUT2D eigenvalue weighted by Crippen LogP contribution is 2.10. The normalized spacial score (nSPS) is 10.1. The van der Waals surface area contributed by atoms with Crippen molar-refractivity contribution in [3.63, 3.8) is 0 Å². The summed E-state index contributed by atoms with van der Waals surface area (Å²) >= 11 is 3.35. The number of nitrogens with one attached hydrogen (secondary N) is 2. The van der Waals surface area contributed by atoms with Gasteiger partial charge in [-0.1, -0.05) is 28.1 Å². The van der Waals surface area contributed by atoms with Gasteiger partial charge in [0, 0.05) is 24.1 Å². The number of amides is 2. The first-order valence-corrected chi connectivity index (χ1v) is 7.44. The summed E-state index contributed by atoms with van der Waals surface area (Å²) in [6.07, 6.45) is 1.65. The van der Waals surface area contributed by atoms with Crippen LogP contribution in [0.5, 0.6) is 0 Å². The monoisotopic (exact) mass is 365 g/mol. The molecule has 1 heterocycles. The van der Waals surface area contributed by atoms with Crippen LogP contribution in [0.2, 0.25) is 0 Å². The van der Waals surface area contributed by atoms with E-state index in [0.717, 1.165) is 10.0 Å². The molecule has 2 rings (SSSR count). The molecule has 0 spiro atoms. The quantitative estimate of drug-likeness (QED) is 0.817. The van der Waals surface area contributed by atoms with Gasteiger partial charge in [-0.15, -0.1) is 0 Å². The van der Waals surface area contributed by atoms with Gasteiger partial charge in [-0.2, -0.15) is 0 Å². The molecule has 1 aromatic carbocycles. The molecule has 2 N–H and O–H groups in total. The fourth-order valence-electron chi connectivity index (χ4n) is 1.82. The van der Waals surface area contributed by atoms with E-state index in [0.29, 0.717) is 12.1 Å². The van der Waals surface area contributed by atoms with Crippen molar-refractivity contribution >= 4 is 27.9 Å². The van der Waals surface area contributed by atoms with Crippen molar-refractivity contribution in [2.45, 2.75) is 6.42 Å². The van der Waals surface area contributed by atoms with Crippen LogP contribution in [-0.2, 0) is 18.2 Å². The molecule has 0 aliphatic rings. The lowest BCUT2D eigenvalue weighted by molar-refractivity contribution is 0.0902. The number of benzene rings is 1. The van der Waals surface area contributed by atoms with Crippen molar-refractivity contribution in [2.24, 2.45) is 7.05 Å². The molecule has 0 aliphatic heterocycles. The van der Waals surface area contributed by atoms with Crippen molar-refractivity contribution in [3.8, 4) is 0 Å². The van der Waals surface area contributed by atoms with E-state index in [4.69, 9.17) is 4.74 Å². The molecule has 6 nitrogen and oxygen atoms in total. The zero-order valence-electron chi connectivity index (χ0n) is 12.0. The number of carbonyl (C=O) groups excluding carboxylic acids is 2. The topological polar surface area (TPSA) is 72.4 Å². The molecule has 0 aliphatic carbocycles. The van der Waals surface area contributed by atoms with Gasteiger partial charge in [0.05, 0.1) is 6.61 Å². The van der Waals surface area contributed by atoms with Crippen LogP contribution < -0.4 is 10.9 Å². The lowest BCUT2D eigenvalue weighted by atomic mass is 10.2. The molecule has 0 bridgehead atoms. The fourth-order valence-corrected chi connectivity index (χ4v) is 2.08. The Labute approximate surface area is 136 Å². The molecule has 116 valence electrons. The summed E-state index contributed by atoms with van der Waals surface area (Å²) in [5.41, 5.74) is 6.00. The van der Waals surface area contributed by atoms with Crippen molar-refractivity contribution in [1.29, 1.82) is 0 Å². The summed E-state index contributed by atoms with van der Waals surface area (Å²) < 4.78 is 7.64. The highest BCUT2D eigenvalue weighted by Gasteiger charge is 2.10. The molecule has 0 radical (unpaired) electrons. The van der Waals surface area contributed by atoms with Crippen LogP contribution in [0.25, 0.3) is 0 Å². The molecule has 0 atom stereocenters. The second kappa shape index (κ2) is 7.65. The second-order valence-electron chi connectivity index (χ2n) is 4.60. The van der Waals surface area contributed by atoms with Gasteiger partial charge >= 0.3 is 6.09 Å². The number of halogens is 1. The lowest BCUT2D eigenvalue weighted by Gasteiger charge is -2.09. The Morgan fingerprint density at radius 3 is 2.55 bits per heavy atom. The third-order valence-electron chi connectivity index (χ3n) is 2.99. The van der Waals surface area contributed by atoms with E-state index in [9.17, 15) is 9.59 Å². The Hall–Kier alpha value is -2.28. The van der Waals surface area contributed by atoms with Gasteiger partial charge in [0.15, 0.2) is 0 Å². The van der Waals surface area contributed by atoms with Gasteiger partial charge in [0.25, 0.3) is 5.91 Å². The number of hydrogen-bond acceptors (Lipinski definition) is 3. The summed E-state index contributed by atoms with van der Waals surface area (Å²) in [5.74, 6) is -0.405. The van der Waals surface area contributed by atoms with Crippen molar-refractivity contribution in [3.05, 3.63) is 58.3 Å². The largest absolute Gasteiger partial charge is 0.448 e. The summed E-state index contributed by atoms with van der Waals surface area (Å²) in [6.45, 7) is 0.230. The van der Waals surface area contributed by atoms with Crippen LogP contribution in [0.1, 0.15) is 16.1 Å². The number of rotatable bonds is 4. The fraction of sp³-hybridized carbons (Fsp3) is 0.200. The Kier molecular flexibility index (Phi) is 5.60. The van der Waals surface area contributed by atoms with Crippen LogP contribution in [0.15, 0.2) is 47.1 Å². The number of hydrazine groups is 1. The summed E-state index contributed by atoms with van der Waals surface area (Å²) in [7, 11) is 1.74. The molecular weight excluding hydrogens is 350 g/mol. The van der Waals surface area contributed by atoms with Crippen LogP contribution >= 0.6 is 15.9 Å². The lowest BCUT2D eigenvalue weighted by Crippen LogP contribution is -2.42. The van der Waals surface area contributed by atoms with Crippen LogP contribution in [-0.4, -0.2) is 23.2 Å². The van der Waals surface area contributed by atoms with Gasteiger partial charge in [-0.25, -0.2) is 10.2 Å². The maximum absolute atomic E-state index is 11.8. The first-order chi connectivity index (χ1) is 10.6. The Morgan fingerprint density at radius 1 is 1.18 bits per heavy atom. The SMILES string of the molecule is Cn1cccc1C(=O)NNC(=O)OCCc1ccc(Br)cc1. The molecule has 2 amide bonds. The minimum Gasteiger partial charge on any atom is -0.448 e. The summed E-state index contributed by atoms with van der Waals surface area (Å²) in [5, 5.41) is 0. The van der Waals surface area contributed by atoms with Crippen LogP contribution in [0.4, 0.5) is 4.79 Å². The van der Waals surface area contributed by atoms with Crippen LogP contribution in [0.3, 0.4) is 0 Å². The van der Waals surface area contributed by atoms with Gasteiger partial charge in [-0.3, -0.25) is 10.2 Å². The maximum Gasteiger partial charge on any atom is 0.426 e. The first-order valence-electron chi connectivity index (χ1n) is 6.65. The van der Waals surface area contributed by atoms with Gasteiger partial charge < -0.3 is 9.30 Å². The maximum atomic E-state index is 11.8. The summed E-state index contributed by atoms with van der Waals surface area (Å²) in [4.78, 5) is 23.2. The molecular formula is C15H16BrN3O3. The van der Waals surface area contributed by atoms with E-state index in [1.165, 1.54) is 0 Å². The Balaban J connectivity index is 1.69. The van der Waals surface area contributed by atoms with E-state index < -0.39 is 12.0 Å². The smallest absolute Gasteiger partial charge is 0.426 e. The van der Waals surface area contributed by atoms with Crippen molar-refractivity contribution < 1.29 is 14.3 Å². The van der Waals surface area contributed by atoms with Gasteiger partial charge in [0.1, 0.15) is 5.69 Å². The van der Waals surface area contributed by atoms with E-state index >= 15 is 0 Å². The molecule has 0 saturated carbocycles. The molecule has 7 heteroatoms. The molecule has 2 aromatic rings. The Morgan fingerprint density at radius 2 is 1.91 bits per heavy atom. The van der Waals surface area contributed by atoms with E-state index in [-0.39, 0.29) is 6.61 Å². The minimum atomic E-state index is -0.695. The van der Waals surface area contributed by atoms with Crippen LogP contribution in [0, 0.1) is 0 Å². The van der Waals surface area contributed by atoms with Crippen molar-refractivity contribution in [1.82, 2.24) is 15.4 Å². The zero-order valence-corrected chi connectivity index (χ0v) is 13.6. The second-order valence-corrected chi connectivity index (χ2v) is 5.51. The molecule has 0 saturated heterocycles. The number of ether oxygens (including phenoxy) is 1. The number of carbonyl (C=O) groups is 2. The van der Waals surface area contributed by atoms with E-state index in [1.807, 2.05) is 24.3 Å². The average Bonchev–Trinajstić information content (AvgIpc) is 2.93. The van der Waals surface area contributed by atoms with Gasteiger partial charge in [0.2, 0.25) is 0 Å². The van der Waals surface area contributed by atoms with E-state index in [2.05, 4.69) is 26.8 Å². The number of aromatic nitrogens is 1. The molecule has 0 unspecified atom stereocenters. The number of hydrogen-bond donors (Lipinski definition) is 2. The van der Waals surface area contributed by atoms with Gasteiger partial charge in [-0.05, 0) is 29.8 Å². The predicted molar refractivity (Wildman–Crippen MR) is 85.2 cm³/mol. The highest BCUT2D eigenvalue weighted by molar-refractivity contribution is 9.10. The molecule has 0 fully saturated rings. The number of aryl methyl sites for hydroxylation is 1. The number of nitrogens with zero attached hydrogens (tertiary/aromatic N) is 1. The van der Waals surface area contributed by atoms with E-state index in [1.54, 1.807) is 29.9 Å². The standard InChI is InChI=1S/C15H16BrN3O3/c1-19-9-2-3-13(19)14(20)17-18-15(21)22-10-8-11-4-6-12(16)7-5-11/h2-7,9H,8,10H2,1H3,(H,17,20)(H,18,21). The Bertz CT molecular complexity index is 652. The average molecular weight is 366 g/mol. The zero-order chi connectivity index (χ0) is 15.9. The third kappa shape index (κ3) is 4.63. The molecule has 22 heavy (non-hydrogen) atoms. The first kappa shape index (κ1) is 16.1. The van der Waals surface area contributed by atoms with Crippen molar-refractivity contribution in [2.75, 3.05) is 6.61 Å². The highest BCUT2D eigenvalue weighted by atomic mass is 79.9. The predicted octanol–water partition coefficient (Wildman–Crippen LogP) is 2.40. The minimum absolute atomic E-state index is 0.230. The summed E-state index contributed by atoms with van der Waals surface area (Å²) in [6, 6.07) is 11.1.